The maximum Gasteiger partial charge on any atom is 0.206 e. The SMILES string of the molecule is C#Cc1nc(C#CC(C)(C)N)cc(C(C)C)n1. The Labute approximate surface area is 103 Å². The molecule has 0 bridgehead atoms. The smallest absolute Gasteiger partial charge is 0.206 e. The van der Waals surface area contributed by atoms with E-state index in [2.05, 4.69) is 27.7 Å². The Morgan fingerprint density at radius 2 is 2.00 bits per heavy atom. The molecule has 0 unspecified atom stereocenters. The van der Waals surface area contributed by atoms with Crippen LogP contribution in [0.1, 0.15) is 50.8 Å². The second kappa shape index (κ2) is 4.99. The third-order valence-electron chi connectivity index (χ3n) is 1.98. The number of aromatic nitrogens is 2. The van der Waals surface area contributed by atoms with Crippen molar-refractivity contribution in [3.63, 3.8) is 0 Å². The van der Waals surface area contributed by atoms with Crippen LogP contribution in [0.5, 0.6) is 0 Å². The molecule has 0 aromatic carbocycles. The highest BCUT2D eigenvalue weighted by molar-refractivity contribution is 5.35. The fourth-order valence-electron chi connectivity index (χ4n) is 1.12. The molecule has 1 aromatic heterocycles. The Morgan fingerprint density at radius 1 is 1.35 bits per heavy atom. The summed E-state index contributed by atoms with van der Waals surface area (Å²) in [5.41, 5.74) is 6.77. The average molecular weight is 227 g/mol. The molecule has 1 heterocycles. The summed E-state index contributed by atoms with van der Waals surface area (Å²) in [4.78, 5) is 8.41. The quantitative estimate of drug-likeness (QED) is 0.742. The van der Waals surface area contributed by atoms with Crippen LogP contribution in [0.3, 0.4) is 0 Å². The summed E-state index contributed by atoms with van der Waals surface area (Å²) in [7, 11) is 0. The van der Waals surface area contributed by atoms with Crippen molar-refractivity contribution in [1.82, 2.24) is 9.97 Å². The van der Waals surface area contributed by atoms with Gasteiger partial charge < -0.3 is 5.73 Å². The standard InChI is InChI=1S/C14H17N3/c1-6-13-16-11(7-8-14(4,5)15)9-12(17-13)10(2)3/h1,9-10H,15H2,2-5H3. The summed E-state index contributed by atoms with van der Waals surface area (Å²) in [5.74, 6) is 8.96. The topological polar surface area (TPSA) is 51.8 Å². The second-order valence-electron chi connectivity index (χ2n) is 4.77. The normalized spacial score (nSPS) is 10.6. The average Bonchev–Trinajstić information content (AvgIpc) is 2.25. The van der Waals surface area contributed by atoms with Gasteiger partial charge in [0.15, 0.2) is 0 Å². The van der Waals surface area contributed by atoms with Gasteiger partial charge in [-0.15, -0.1) is 6.42 Å². The summed E-state index contributed by atoms with van der Waals surface area (Å²) in [6, 6.07) is 1.85. The molecule has 0 amide bonds. The van der Waals surface area contributed by atoms with E-state index in [4.69, 9.17) is 12.2 Å². The molecule has 0 saturated carbocycles. The first-order valence-electron chi connectivity index (χ1n) is 5.49. The van der Waals surface area contributed by atoms with Crippen LogP contribution in [0.25, 0.3) is 0 Å². The minimum atomic E-state index is -0.542. The van der Waals surface area contributed by atoms with Crippen molar-refractivity contribution in [3.8, 4) is 24.2 Å². The van der Waals surface area contributed by atoms with E-state index < -0.39 is 5.54 Å². The number of rotatable bonds is 1. The fraction of sp³-hybridized carbons (Fsp3) is 0.429. The fourth-order valence-corrected chi connectivity index (χ4v) is 1.12. The summed E-state index contributed by atoms with van der Waals surface area (Å²) in [5, 5.41) is 0. The summed E-state index contributed by atoms with van der Waals surface area (Å²) in [6.07, 6.45) is 5.32. The van der Waals surface area contributed by atoms with Gasteiger partial charge in [0.25, 0.3) is 0 Å². The monoisotopic (exact) mass is 227 g/mol. The summed E-state index contributed by atoms with van der Waals surface area (Å²) < 4.78 is 0. The van der Waals surface area contributed by atoms with Crippen LogP contribution in [0, 0.1) is 24.2 Å². The maximum atomic E-state index is 5.79. The number of terminal acetylenes is 1. The van der Waals surface area contributed by atoms with Crippen LogP contribution < -0.4 is 5.73 Å². The third kappa shape index (κ3) is 4.26. The van der Waals surface area contributed by atoms with Crippen molar-refractivity contribution in [2.45, 2.75) is 39.2 Å². The van der Waals surface area contributed by atoms with Crippen LogP contribution in [-0.2, 0) is 0 Å². The molecule has 88 valence electrons. The number of hydrogen-bond acceptors (Lipinski definition) is 3. The summed E-state index contributed by atoms with van der Waals surface area (Å²) in [6.45, 7) is 7.78. The van der Waals surface area contributed by atoms with Crippen molar-refractivity contribution in [2.75, 3.05) is 0 Å². The Kier molecular flexibility index (Phi) is 3.89. The van der Waals surface area contributed by atoms with Crippen molar-refractivity contribution >= 4 is 0 Å². The van der Waals surface area contributed by atoms with Gasteiger partial charge in [0.05, 0.1) is 5.54 Å². The minimum absolute atomic E-state index is 0.288. The molecule has 1 rings (SSSR count). The second-order valence-corrected chi connectivity index (χ2v) is 4.77. The van der Waals surface area contributed by atoms with Crippen LogP contribution in [0.4, 0.5) is 0 Å². The molecule has 0 spiro atoms. The molecule has 0 aliphatic rings. The van der Waals surface area contributed by atoms with Crippen molar-refractivity contribution in [3.05, 3.63) is 23.3 Å². The first kappa shape index (κ1) is 13.2. The lowest BCUT2D eigenvalue weighted by Crippen LogP contribution is -2.29. The van der Waals surface area contributed by atoms with Crippen molar-refractivity contribution < 1.29 is 0 Å². The van der Waals surface area contributed by atoms with Crippen molar-refractivity contribution in [2.24, 2.45) is 5.73 Å². The van der Waals surface area contributed by atoms with Gasteiger partial charge in [-0.3, -0.25) is 0 Å². The van der Waals surface area contributed by atoms with Gasteiger partial charge in [-0.05, 0) is 37.7 Å². The number of nitrogens with zero attached hydrogens (tertiary/aromatic N) is 2. The number of hydrogen-bond donors (Lipinski definition) is 1. The van der Waals surface area contributed by atoms with E-state index in [1.807, 2.05) is 33.8 Å². The molecule has 0 aliphatic carbocycles. The highest BCUT2D eigenvalue weighted by Crippen LogP contribution is 2.12. The van der Waals surface area contributed by atoms with Crippen LogP contribution >= 0.6 is 0 Å². The van der Waals surface area contributed by atoms with Crippen molar-refractivity contribution in [1.29, 1.82) is 0 Å². The van der Waals surface area contributed by atoms with Crippen LogP contribution in [-0.4, -0.2) is 15.5 Å². The zero-order valence-corrected chi connectivity index (χ0v) is 10.7. The molecule has 3 heteroatoms. The Bertz CT molecular complexity index is 505. The van der Waals surface area contributed by atoms with Gasteiger partial charge in [-0.2, -0.15) is 0 Å². The van der Waals surface area contributed by atoms with Gasteiger partial charge in [0, 0.05) is 5.69 Å². The zero-order chi connectivity index (χ0) is 13.1. The third-order valence-corrected chi connectivity index (χ3v) is 1.98. The first-order valence-corrected chi connectivity index (χ1v) is 5.49. The molecular formula is C14H17N3. The largest absolute Gasteiger partial charge is 0.316 e. The lowest BCUT2D eigenvalue weighted by atomic mass is 10.1. The molecule has 17 heavy (non-hydrogen) atoms. The molecular weight excluding hydrogens is 210 g/mol. The Morgan fingerprint density at radius 3 is 2.47 bits per heavy atom. The molecule has 0 atom stereocenters. The predicted molar refractivity (Wildman–Crippen MR) is 69.2 cm³/mol. The van der Waals surface area contributed by atoms with Gasteiger partial charge >= 0.3 is 0 Å². The zero-order valence-electron chi connectivity index (χ0n) is 10.7. The molecule has 0 saturated heterocycles. The van der Waals surface area contributed by atoms with Gasteiger partial charge in [-0.25, -0.2) is 9.97 Å². The molecule has 0 fully saturated rings. The Hall–Kier alpha value is -1.84. The molecule has 3 nitrogen and oxygen atoms in total. The van der Waals surface area contributed by atoms with E-state index in [0.29, 0.717) is 11.5 Å². The Balaban J connectivity index is 3.20. The molecule has 1 aromatic rings. The minimum Gasteiger partial charge on any atom is -0.316 e. The van der Waals surface area contributed by atoms with E-state index in [9.17, 15) is 0 Å². The highest BCUT2D eigenvalue weighted by Gasteiger charge is 2.07. The maximum absolute atomic E-state index is 5.79. The van der Waals surface area contributed by atoms with Crippen LogP contribution in [0.2, 0.25) is 0 Å². The predicted octanol–water partition coefficient (Wildman–Crippen LogP) is 1.67. The number of nitrogens with two attached hydrogens (primary N) is 1. The highest BCUT2D eigenvalue weighted by atomic mass is 14.9. The van der Waals surface area contributed by atoms with Gasteiger partial charge in [0.2, 0.25) is 5.82 Å². The molecule has 2 N–H and O–H groups in total. The van der Waals surface area contributed by atoms with Gasteiger partial charge in [0.1, 0.15) is 5.69 Å². The summed E-state index contributed by atoms with van der Waals surface area (Å²) >= 11 is 0. The van der Waals surface area contributed by atoms with E-state index in [-0.39, 0.29) is 5.92 Å². The van der Waals surface area contributed by atoms with E-state index >= 15 is 0 Å². The van der Waals surface area contributed by atoms with Gasteiger partial charge in [-0.1, -0.05) is 19.8 Å². The lowest BCUT2D eigenvalue weighted by molar-refractivity contribution is 0.680. The molecule has 0 radical (unpaired) electrons. The van der Waals surface area contributed by atoms with Crippen LogP contribution in [0.15, 0.2) is 6.07 Å². The van der Waals surface area contributed by atoms with E-state index in [0.717, 1.165) is 5.69 Å². The van der Waals surface area contributed by atoms with E-state index in [1.165, 1.54) is 0 Å². The molecule has 0 aliphatic heterocycles. The lowest BCUT2D eigenvalue weighted by Gasteiger charge is -2.08. The first-order chi connectivity index (χ1) is 7.81. The van der Waals surface area contributed by atoms with E-state index in [1.54, 1.807) is 0 Å².